The number of aliphatic hydroxyl groups is 1. The molecule has 2 aromatic rings. The maximum Gasteiger partial charge on any atom is 0.124 e. The van der Waals surface area contributed by atoms with E-state index < -0.39 is 6.23 Å². The smallest absolute Gasteiger partial charge is 0.124 e. The van der Waals surface area contributed by atoms with Crippen LogP contribution in [-0.4, -0.2) is 18.4 Å². The summed E-state index contributed by atoms with van der Waals surface area (Å²) in [7, 11) is 1.64. The first kappa shape index (κ1) is 13.4. The minimum atomic E-state index is -0.563. The lowest BCUT2D eigenvalue weighted by Gasteiger charge is -2.28. The van der Waals surface area contributed by atoms with Crippen LogP contribution in [0.2, 0.25) is 0 Å². The summed E-state index contributed by atoms with van der Waals surface area (Å²) < 4.78 is 5.23. The molecule has 0 aromatic heterocycles. The van der Waals surface area contributed by atoms with Gasteiger partial charge in [-0.25, -0.2) is 0 Å². The molecule has 1 atom stereocenters. The molecule has 0 radical (unpaired) electrons. The summed E-state index contributed by atoms with van der Waals surface area (Å²) in [4.78, 5) is 1.93. The third-order valence-corrected chi connectivity index (χ3v) is 3.03. The maximum atomic E-state index is 9.98. The van der Waals surface area contributed by atoms with Crippen molar-refractivity contribution in [1.82, 2.24) is 0 Å². The zero-order valence-electron chi connectivity index (χ0n) is 11.3. The molecule has 3 nitrogen and oxygen atoms in total. The SMILES string of the molecule is COc1cccc(N(Cc2ccccc2)C(C)O)c1. The van der Waals surface area contributed by atoms with Crippen molar-refractivity contribution in [3.05, 3.63) is 60.2 Å². The van der Waals surface area contributed by atoms with E-state index in [0.29, 0.717) is 6.54 Å². The van der Waals surface area contributed by atoms with Crippen molar-refractivity contribution in [2.45, 2.75) is 19.7 Å². The Morgan fingerprint density at radius 3 is 2.47 bits per heavy atom. The molecule has 0 aliphatic heterocycles. The molecule has 0 heterocycles. The van der Waals surface area contributed by atoms with Crippen LogP contribution >= 0.6 is 0 Å². The minimum absolute atomic E-state index is 0.563. The first-order valence-corrected chi connectivity index (χ1v) is 6.33. The van der Waals surface area contributed by atoms with E-state index in [9.17, 15) is 5.11 Å². The van der Waals surface area contributed by atoms with Crippen LogP contribution in [0.3, 0.4) is 0 Å². The number of nitrogens with zero attached hydrogens (tertiary/aromatic N) is 1. The average Bonchev–Trinajstić information content (AvgIpc) is 2.45. The van der Waals surface area contributed by atoms with Crippen LogP contribution in [0.4, 0.5) is 5.69 Å². The highest BCUT2D eigenvalue weighted by molar-refractivity contribution is 5.51. The molecule has 1 N–H and O–H groups in total. The monoisotopic (exact) mass is 257 g/mol. The molecule has 19 heavy (non-hydrogen) atoms. The predicted molar refractivity (Wildman–Crippen MR) is 77.3 cm³/mol. The summed E-state index contributed by atoms with van der Waals surface area (Å²) >= 11 is 0. The van der Waals surface area contributed by atoms with Gasteiger partial charge >= 0.3 is 0 Å². The van der Waals surface area contributed by atoms with Gasteiger partial charge in [0, 0.05) is 18.3 Å². The molecule has 3 heteroatoms. The number of methoxy groups -OCH3 is 1. The maximum absolute atomic E-state index is 9.98. The van der Waals surface area contributed by atoms with Gasteiger partial charge in [0.1, 0.15) is 12.0 Å². The highest BCUT2D eigenvalue weighted by atomic mass is 16.5. The number of hydrogen-bond acceptors (Lipinski definition) is 3. The predicted octanol–water partition coefficient (Wildman–Crippen LogP) is 3.04. The highest BCUT2D eigenvalue weighted by Gasteiger charge is 2.13. The lowest BCUT2D eigenvalue weighted by atomic mass is 10.2. The van der Waals surface area contributed by atoms with Crippen molar-refractivity contribution in [2.75, 3.05) is 12.0 Å². The van der Waals surface area contributed by atoms with Gasteiger partial charge in [0.2, 0.25) is 0 Å². The average molecular weight is 257 g/mol. The van der Waals surface area contributed by atoms with E-state index in [1.54, 1.807) is 14.0 Å². The number of ether oxygens (including phenoxy) is 1. The first-order chi connectivity index (χ1) is 9.20. The van der Waals surface area contributed by atoms with Crippen molar-refractivity contribution >= 4 is 5.69 Å². The van der Waals surface area contributed by atoms with Gasteiger partial charge in [0.25, 0.3) is 0 Å². The normalized spacial score (nSPS) is 11.9. The van der Waals surface area contributed by atoms with Crippen LogP contribution in [-0.2, 0) is 6.54 Å². The first-order valence-electron chi connectivity index (χ1n) is 6.33. The second-order valence-corrected chi connectivity index (χ2v) is 4.45. The minimum Gasteiger partial charge on any atom is -0.497 e. The Bertz CT molecular complexity index is 511. The molecule has 0 saturated heterocycles. The molecule has 1 unspecified atom stereocenters. The number of benzene rings is 2. The summed E-state index contributed by atoms with van der Waals surface area (Å²) in [6.45, 7) is 2.42. The fourth-order valence-electron chi connectivity index (χ4n) is 2.01. The molecular weight excluding hydrogens is 238 g/mol. The lowest BCUT2D eigenvalue weighted by molar-refractivity contribution is 0.186. The van der Waals surface area contributed by atoms with Gasteiger partial charge in [0.05, 0.1) is 7.11 Å². The number of aliphatic hydroxyl groups excluding tert-OH is 1. The number of rotatable bonds is 5. The van der Waals surface area contributed by atoms with E-state index in [1.165, 1.54) is 0 Å². The summed E-state index contributed by atoms with van der Waals surface area (Å²) in [6.07, 6.45) is -0.563. The van der Waals surface area contributed by atoms with Gasteiger partial charge in [-0.3, -0.25) is 0 Å². The van der Waals surface area contributed by atoms with E-state index in [2.05, 4.69) is 12.1 Å². The van der Waals surface area contributed by atoms with Crippen LogP contribution < -0.4 is 9.64 Å². The summed E-state index contributed by atoms with van der Waals surface area (Å²) in [5.41, 5.74) is 2.10. The largest absolute Gasteiger partial charge is 0.497 e. The molecule has 0 fully saturated rings. The fraction of sp³-hybridized carbons (Fsp3) is 0.250. The molecule has 0 aliphatic rings. The Hall–Kier alpha value is -2.00. The summed E-state index contributed by atoms with van der Waals surface area (Å²) in [5, 5.41) is 9.98. The molecular formula is C16H19NO2. The second-order valence-electron chi connectivity index (χ2n) is 4.45. The molecule has 0 spiro atoms. The van der Waals surface area contributed by atoms with E-state index in [4.69, 9.17) is 4.74 Å². The quantitative estimate of drug-likeness (QED) is 0.836. The van der Waals surface area contributed by atoms with Crippen LogP contribution in [0.25, 0.3) is 0 Å². The van der Waals surface area contributed by atoms with Crippen molar-refractivity contribution in [3.63, 3.8) is 0 Å². The summed E-state index contributed by atoms with van der Waals surface area (Å²) in [6, 6.07) is 17.8. The number of hydrogen-bond donors (Lipinski definition) is 1. The third-order valence-electron chi connectivity index (χ3n) is 3.03. The zero-order valence-corrected chi connectivity index (χ0v) is 11.3. The Morgan fingerprint density at radius 2 is 1.84 bits per heavy atom. The highest BCUT2D eigenvalue weighted by Crippen LogP contribution is 2.24. The fourth-order valence-corrected chi connectivity index (χ4v) is 2.01. The number of anilines is 1. The Kier molecular flexibility index (Phi) is 4.42. The zero-order chi connectivity index (χ0) is 13.7. The molecule has 100 valence electrons. The summed E-state index contributed by atoms with van der Waals surface area (Å²) in [5.74, 6) is 0.788. The van der Waals surface area contributed by atoms with Gasteiger partial charge in [-0.15, -0.1) is 0 Å². The van der Waals surface area contributed by atoms with E-state index in [0.717, 1.165) is 17.0 Å². The van der Waals surface area contributed by atoms with Crippen molar-refractivity contribution < 1.29 is 9.84 Å². The van der Waals surface area contributed by atoms with Crippen molar-refractivity contribution in [2.24, 2.45) is 0 Å². The third kappa shape index (κ3) is 3.48. The van der Waals surface area contributed by atoms with E-state index in [1.807, 2.05) is 47.4 Å². The Morgan fingerprint density at radius 1 is 1.11 bits per heavy atom. The Labute approximate surface area is 114 Å². The van der Waals surface area contributed by atoms with Crippen LogP contribution in [0.1, 0.15) is 12.5 Å². The molecule has 0 aliphatic carbocycles. The Balaban J connectivity index is 2.24. The van der Waals surface area contributed by atoms with E-state index >= 15 is 0 Å². The standard InChI is InChI=1S/C16H19NO2/c1-13(18)17(12-14-7-4-3-5-8-14)15-9-6-10-16(11-15)19-2/h3-11,13,18H,12H2,1-2H3. The van der Waals surface area contributed by atoms with Crippen LogP contribution in [0.15, 0.2) is 54.6 Å². The van der Waals surface area contributed by atoms with Crippen LogP contribution in [0, 0.1) is 0 Å². The lowest BCUT2D eigenvalue weighted by Crippen LogP contribution is -2.32. The second kappa shape index (κ2) is 6.25. The molecule has 0 amide bonds. The van der Waals surface area contributed by atoms with Crippen molar-refractivity contribution in [1.29, 1.82) is 0 Å². The molecule has 0 bridgehead atoms. The van der Waals surface area contributed by atoms with Gasteiger partial charge in [-0.05, 0) is 24.6 Å². The molecule has 2 rings (SSSR count). The van der Waals surface area contributed by atoms with Gasteiger partial charge < -0.3 is 14.7 Å². The topological polar surface area (TPSA) is 32.7 Å². The van der Waals surface area contributed by atoms with Gasteiger partial charge in [-0.1, -0.05) is 36.4 Å². The van der Waals surface area contributed by atoms with Crippen LogP contribution in [0.5, 0.6) is 5.75 Å². The molecule has 0 saturated carbocycles. The van der Waals surface area contributed by atoms with Gasteiger partial charge in [-0.2, -0.15) is 0 Å². The molecule has 2 aromatic carbocycles. The van der Waals surface area contributed by atoms with Gasteiger partial charge in [0.15, 0.2) is 0 Å². The van der Waals surface area contributed by atoms with Crippen molar-refractivity contribution in [3.8, 4) is 5.75 Å². The van der Waals surface area contributed by atoms with E-state index in [-0.39, 0.29) is 0 Å².